The minimum Gasteiger partial charge on any atom is -1.00 e. The van der Waals surface area contributed by atoms with Gasteiger partial charge in [0, 0.05) is 6.61 Å². The monoisotopic (exact) mass is 196 g/mol. The van der Waals surface area contributed by atoms with Crippen LogP contribution >= 0.6 is 0 Å². The first-order chi connectivity index (χ1) is 5.25. The molecule has 1 saturated heterocycles. The maximum absolute atomic E-state index is 11.1. The van der Waals surface area contributed by atoms with Gasteiger partial charge in [-0.3, -0.25) is 9.63 Å². The predicted molar refractivity (Wildman–Crippen MR) is 36.0 cm³/mol. The van der Waals surface area contributed by atoms with Gasteiger partial charge in [0.25, 0.3) is 0 Å². The number of hydrogen-bond donors (Lipinski definition) is 2. The van der Waals surface area contributed by atoms with Crippen LogP contribution in [-0.4, -0.2) is 41.9 Å². The third kappa shape index (κ3) is 2.60. The van der Waals surface area contributed by atoms with Gasteiger partial charge in [-0.25, -0.2) is 5.06 Å². The van der Waals surface area contributed by atoms with Crippen LogP contribution in [0, 0.1) is 0 Å². The van der Waals surface area contributed by atoms with Crippen molar-refractivity contribution >= 4 is 5.91 Å². The second-order valence-corrected chi connectivity index (χ2v) is 2.51. The summed E-state index contributed by atoms with van der Waals surface area (Å²) in [5.41, 5.74) is 3.60. The normalized spacial score (nSPS) is 22.7. The molecule has 0 aliphatic carbocycles. The number of quaternary nitrogens is 1. The molecule has 1 heterocycles. The molecule has 1 amide bonds. The first-order valence-electron chi connectivity index (χ1n) is 3.64. The molecule has 0 radical (unpaired) electrons. The van der Waals surface area contributed by atoms with Gasteiger partial charge in [0.05, 0.1) is 6.54 Å². The van der Waals surface area contributed by atoms with Crippen LogP contribution in [0.15, 0.2) is 0 Å². The number of hydrogen-bond acceptors (Lipinski definition) is 3. The molecule has 0 bridgehead atoms. The number of aliphatic hydroxyl groups excluding tert-OH is 1. The van der Waals surface area contributed by atoms with Gasteiger partial charge in [0.15, 0.2) is 6.04 Å². The zero-order valence-electron chi connectivity index (χ0n) is 6.70. The van der Waals surface area contributed by atoms with Crippen LogP contribution in [0.1, 0.15) is 6.42 Å². The van der Waals surface area contributed by atoms with Crippen molar-refractivity contribution in [3.8, 4) is 0 Å². The van der Waals surface area contributed by atoms with Gasteiger partial charge in [-0.05, 0) is 6.42 Å². The molecule has 1 rings (SSSR count). The molecule has 0 aromatic rings. The van der Waals surface area contributed by atoms with Crippen LogP contribution < -0.4 is 18.1 Å². The number of carbonyl (C=O) groups excluding carboxylic acids is 1. The second-order valence-electron chi connectivity index (χ2n) is 2.51. The fourth-order valence-corrected chi connectivity index (χ4v) is 0.908. The fourth-order valence-electron chi connectivity index (χ4n) is 0.908. The number of rotatable bonds is 3. The van der Waals surface area contributed by atoms with E-state index in [4.69, 9.17) is 9.94 Å². The molecule has 72 valence electrons. The van der Waals surface area contributed by atoms with E-state index in [0.29, 0.717) is 19.6 Å². The van der Waals surface area contributed by atoms with Crippen LogP contribution in [0.4, 0.5) is 0 Å². The van der Waals surface area contributed by atoms with Crippen molar-refractivity contribution in [2.45, 2.75) is 12.5 Å². The molecule has 12 heavy (non-hydrogen) atoms. The molecule has 4 N–H and O–H groups in total. The van der Waals surface area contributed by atoms with Gasteiger partial charge in [0.1, 0.15) is 6.61 Å². The predicted octanol–water partition coefficient (Wildman–Crippen LogP) is -5.24. The van der Waals surface area contributed by atoms with Crippen molar-refractivity contribution in [2.24, 2.45) is 0 Å². The Balaban J connectivity index is 0.00000121. The van der Waals surface area contributed by atoms with E-state index < -0.39 is 0 Å². The Labute approximate surface area is 76.8 Å². The van der Waals surface area contributed by atoms with Crippen LogP contribution in [-0.2, 0) is 9.63 Å². The Kier molecular flexibility index (Phi) is 5.16. The minimum absolute atomic E-state index is 0. The van der Waals surface area contributed by atoms with E-state index in [0.717, 1.165) is 0 Å². The number of hydroxylamine groups is 2. The quantitative estimate of drug-likeness (QED) is 0.474. The molecule has 0 aromatic carbocycles. The molecule has 1 aliphatic rings. The Hall–Kier alpha value is -0.360. The van der Waals surface area contributed by atoms with E-state index in [9.17, 15) is 4.79 Å². The first-order valence-corrected chi connectivity index (χ1v) is 3.64. The van der Waals surface area contributed by atoms with Crippen molar-refractivity contribution < 1.29 is 32.9 Å². The summed E-state index contributed by atoms with van der Waals surface area (Å²) in [5, 5.41) is 9.74. The highest BCUT2D eigenvalue weighted by atomic mass is 35.5. The molecule has 1 unspecified atom stereocenters. The number of amides is 1. The highest BCUT2D eigenvalue weighted by molar-refractivity contribution is 5.80. The number of carbonyl (C=O) groups is 1. The van der Waals surface area contributed by atoms with Crippen molar-refractivity contribution in [1.29, 1.82) is 0 Å². The van der Waals surface area contributed by atoms with E-state index in [2.05, 4.69) is 5.73 Å². The maximum atomic E-state index is 11.1. The third-order valence-electron chi connectivity index (χ3n) is 1.55. The molecule has 5 nitrogen and oxygen atoms in total. The lowest BCUT2D eigenvalue weighted by molar-refractivity contribution is -0.402. The zero-order valence-corrected chi connectivity index (χ0v) is 7.46. The average molecular weight is 197 g/mol. The standard InChI is InChI=1S/C6H12N2O3.ClH/c7-5-4-11-8(6(5)10)2-1-3-9;/h5,9H,1-4,7H2;1H. The van der Waals surface area contributed by atoms with Crippen LogP contribution in [0.25, 0.3) is 0 Å². The molecular formula is C6H13ClN2O3. The summed E-state index contributed by atoms with van der Waals surface area (Å²) < 4.78 is 0. The Morgan fingerprint density at radius 3 is 2.83 bits per heavy atom. The van der Waals surface area contributed by atoms with Gasteiger partial charge in [-0.15, -0.1) is 0 Å². The first kappa shape index (κ1) is 11.6. The number of nitrogens with zero attached hydrogens (tertiary/aromatic N) is 1. The van der Waals surface area contributed by atoms with Crippen molar-refractivity contribution in [1.82, 2.24) is 5.06 Å². The minimum atomic E-state index is -0.270. The summed E-state index contributed by atoms with van der Waals surface area (Å²) in [4.78, 5) is 16.1. The number of halogens is 1. The van der Waals surface area contributed by atoms with Crippen molar-refractivity contribution in [3.05, 3.63) is 0 Å². The lowest BCUT2D eigenvalue weighted by Gasteiger charge is -2.11. The van der Waals surface area contributed by atoms with Gasteiger partial charge >= 0.3 is 5.91 Å². The SMILES string of the molecule is [Cl-].[NH3+]C1CON(CCCO)C1=O. The summed E-state index contributed by atoms with van der Waals surface area (Å²) >= 11 is 0. The van der Waals surface area contributed by atoms with Gasteiger partial charge < -0.3 is 23.2 Å². The highest BCUT2D eigenvalue weighted by Crippen LogP contribution is 2.04. The van der Waals surface area contributed by atoms with Crippen LogP contribution in [0.5, 0.6) is 0 Å². The Bertz CT molecular complexity index is 156. The van der Waals surface area contributed by atoms with Gasteiger partial charge in [-0.2, -0.15) is 0 Å². The van der Waals surface area contributed by atoms with Crippen molar-refractivity contribution in [3.63, 3.8) is 0 Å². The molecule has 1 fully saturated rings. The molecule has 0 saturated carbocycles. The second kappa shape index (κ2) is 5.31. The van der Waals surface area contributed by atoms with Crippen LogP contribution in [0.3, 0.4) is 0 Å². The van der Waals surface area contributed by atoms with E-state index in [-0.39, 0.29) is 31.0 Å². The van der Waals surface area contributed by atoms with Gasteiger partial charge in [-0.1, -0.05) is 0 Å². The molecule has 0 aromatic heterocycles. The smallest absolute Gasteiger partial charge is 0.306 e. The number of aliphatic hydroxyl groups is 1. The van der Waals surface area contributed by atoms with E-state index in [1.807, 2.05) is 0 Å². The van der Waals surface area contributed by atoms with Gasteiger partial charge in [0.2, 0.25) is 0 Å². The largest absolute Gasteiger partial charge is 1.00 e. The molecule has 0 spiro atoms. The Morgan fingerprint density at radius 2 is 2.42 bits per heavy atom. The summed E-state index contributed by atoms with van der Waals surface area (Å²) in [6.45, 7) is 0.903. The Morgan fingerprint density at radius 1 is 1.75 bits per heavy atom. The molecular weight excluding hydrogens is 184 g/mol. The van der Waals surface area contributed by atoms with Crippen LogP contribution in [0.2, 0.25) is 0 Å². The molecule has 6 heteroatoms. The average Bonchev–Trinajstić information content (AvgIpc) is 2.31. The van der Waals surface area contributed by atoms with E-state index >= 15 is 0 Å². The zero-order chi connectivity index (χ0) is 8.27. The fraction of sp³-hybridized carbons (Fsp3) is 0.833. The lowest BCUT2D eigenvalue weighted by atomic mass is 10.3. The third-order valence-corrected chi connectivity index (χ3v) is 1.55. The summed E-state index contributed by atoms with van der Waals surface area (Å²) in [6.07, 6.45) is 0.554. The topological polar surface area (TPSA) is 77.4 Å². The summed E-state index contributed by atoms with van der Waals surface area (Å²) in [6, 6.07) is -0.270. The van der Waals surface area contributed by atoms with E-state index in [1.54, 1.807) is 0 Å². The molecule has 1 atom stereocenters. The van der Waals surface area contributed by atoms with E-state index in [1.165, 1.54) is 5.06 Å². The summed E-state index contributed by atoms with van der Waals surface area (Å²) in [5.74, 6) is -0.0848. The highest BCUT2D eigenvalue weighted by Gasteiger charge is 2.32. The van der Waals surface area contributed by atoms with Crippen molar-refractivity contribution in [2.75, 3.05) is 19.8 Å². The lowest BCUT2D eigenvalue weighted by Crippen LogP contribution is -3.00. The maximum Gasteiger partial charge on any atom is 0.306 e. The molecule has 1 aliphatic heterocycles. The summed E-state index contributed by atoms with van der Waals surface area (Å²) in [7, 11) is 0.